The molecule has 2 nitrogen and oxygen atoms in total. The standard InChI is InChI=1S/C19H21NO/c1-12-6-14(3)18(9-13(12)2)10-17-7-15(4)19(21-11-20)16(5)8-17/h6-9H,10H2,1-5H3. The minimum absolute atomic E-state index is 0.679. The van der Waals surface area contributed by atoms with Crippen LogP contribution >= 0.6 is 0 Å². The highest BCUT2D eigenvalue weighted by Crippen LogP contribution is 2.27. The highest BCUT2D eigenvalue weighted by Gasteiger charge is 2.09. The van der Waals surface area contributed by atoms with Crippen LogP contribution in [0, 0.1) is 46.1 Å². The Morgan fingerprint density at radius 3 is 1.95 bits per heavy atom. The quantitative estimate of drug-likeness (QED) is 0.764. The lowest BCUT2D eigenvalue weighted by Gasteiger charge is -2.13. The third kappa shape index (κ3) is 3.25. The van der Waals surface area contributed by atoms with E-state index in [1.165, 1.54) is 27.8 Å². The zero-order chi connectivity index (χ0) is 15.6. The topological polar surface area (TPSA) is 33.0 Å². The van der Waals surface area contributed by atoms with Gasteiger partial charge in [-0.15, -0.1) is 5.26 Å². The second-order valence-electron chi connectivity index (χ2n) is 5.79. The van der Waals surface area contributed by atoms with Gasteiger partial charge in [-0.1, -0.05) is 24.3 Å². The van der Waals surface area contributed by atoms with E-state index in [4.69, 9.17) is 10.00 Å². The van der Waals surface area contributed by atoms with Crippen LogP contribution in [0.5, 0.6) is 5.75 Å². The van der Waals surface area contributed by atoms with Gasteiger partial charge < -0.3 is 4.74 Å². The van der Waals surface area contributed by atoms with Crippen LogP contribution < -0.4 is 4.74 Å². The van der Waals surface area contributed by atoms with Crippen molar-refractivity contribution < 1.29 is 4.74 Å². The van der Waals surface area contributed by atoms with Crippen LogP contribution in [-0.4, -0.2) is 0 Å². The highest BCUT2D eigenvalue weighted by molar-refractivity contribution is 5.46. The van der Waals surface area contributed by atoms with Gasteiger partial charge in [0.25, 0.3) is 6.26 Å². The molecule has 0 fully saturated rings. The van der Waals surface area contributed by atoms with Gasteiger partial charge in [-0.25, -0.2) is 0 Å². The van der Waals surface area contributed by atoms with Gasteiger partial charge >= 0.3 is 0 Å². The predicted molar refractivity (Wildman–Crippen MR) is 85.6 cm³/mol. The summed E-state index contributed by atoms with van der Waals surface area (Å²) in [6.45, 7) is 10.4. The molecule has 0 N–H and O–H groups in total. The smallest absolute Gasteiger partial charge is 0.292 e. The molecule has 0 aliphatic heterocycles. The summed E-state index contributed by atoms with van der Waals surface area (Å²) in [5.74, 6) is 0.679. The van der Waals surface area contributed by atoms with Gasteiger partial charge in [0.05, 0.1) is 0 Å². The van der Waals surface area contributed by atoms with E-state index in [9.17, 15) is 0 Å². The Kier molecular flexibility index (Phi) is 4.33. The molecule has 2 aromatic rings. The molecule has 0 spiro atoms. The molecule has 0 aliphatic carbocycles. The molecule has 0 saturated heterocycles. The number of nitriles is 1. The van der Waals surface area contributed by atoms with Crippen LogP contribution in [0.3, 0.4) is 0 Å². The molecule has 0 aliphatic rings. The van der Waals surface area contributed by atoms with Crippen LogP contribution in [0.1, 0.15) is 38.9 Å². The molecule has 0 amide bonds. The molecule has 2 aromatic carbocycles. The van der Waals surface area contributed by atoms with Crippen molar-refractivity contribution in [3.05, 3.63) is 63.2 Å². The SMILES string of the molecule is Cc1cc(C)c(Cc2cc(C)c(OC#N)c(C)c2)cc1C. The molecular formula is C19H21NO. The maximum atomic E-state index is 8.69. The minimum atomic E-state index is 0.679. The van der Waals surface area contributed by atoms with E-state index in [-0.39, 0.29) is 0 Å². The van der Waals surface area contributed by atoms with Crippen molar-refractivity contribution in [2.75, 3.05) is 0 Å². The third-order valence-corrected chi connectivity index (χ3v) is 4.01. The lowest BCUT2D eigenvalue weighted by Crippen LogP contribution is -1.98. The lowest BCUT2D eigenvalue weighted by molar-refractivity contribution is 0.498. The van der Waals surface area contributed by atoms with Crippen molar-refractivity contribution in [1.82, 2.24) is 0 Å². The maximum absolute atomic E-state index is 8.69. The molecule has 0 bridgehead atoms. The fraction of sp³-hybridized carbons (Fsp3) is 0.316. The van der Waals surface area contributed by atoms with Crippen LogP contribution in [0.25, 0.3) is 0 Å². The Hall–Kier alpha value is -2.27. The third-order valence-electron chi connectivity index (χ3n) is 4.01. The molecule has 2 rings (SSSR count). The van der Waals surface area contributed by atoms with Crippen LogP contribution in [0.4, 0.5) is 0 Å². The maximum Gasteiger partial charge on any atom is 0.292 e. The number of nitrogens with zero attached hydrogens (tertiary/aromatic N) is 1. The summed E-state index contributed by atoms with van der Waals surface area (Å²) in [5, 5.41) is 8.69. The van der Waals surface area contributed by atoms with Crippen LogP contribution in [0.15, 0.2) is 24.3 Å². The van der Waals surface area contributed by atoms with Gasteiger partial charge in [0.15, 0.2) is 0 Å². The Bertz CT molecular complexity index is 700. The molecule has 21 heavy (non-hydrogen) atoms. The number of rotatable bonds is 3. The lowest BCUT2D eigenvalue weighted by atomic mass is 9.94. The van der Waals surface area contributed by atoms with E-state index in [1.54, 1.807) is 6.26 Å². The fourth-order valence-electron chi connectivity index (χ4n) is 2.78. The summed E-state index contributed by atoms with van der Waals surface area (Å²) in [4.78, 5) is 0. The second kappa shape index (κ2) is 6.01. The summed E-state index contributed by atoms with van der Waals surface area (Å²) in [7, 11) is 0. The zero-order valence-corrected chi connectivity index (χ0v) is 13.4. The summed E-state index contributed by atoms with van der Waals surface area (Å²) in [6.07, 6.45) is 2.66. The average molecular weight is 279 g/mol. The number of hydrogen-bond donors (Lipinski definition) is 0. The minimum Gasteiger partial charge on any atom is -0.387 e. The monoisotopic (exact) mass is 279 g/mol. The first-order valence-electron chi connectivity index (χ1n) is 7.15. The van der Waals surface area contributed by atoms with Crippen molar-refractivity contribution in [2.24, 2.45) is 0 Å². The summed E-state index contributed by atoms with van der Waals surface area (Å²) in [5.41, 5.74) is 8.61. The normalized spacial score (nSPS) is 10.3. The van der Waals surface area contributed by atoms with Gasteiger partial charge in [0.1, 0.15) is 5.75 Å². The summed E-state index contributed by atoms with van der Waals surface area (Å²) >= 11 is 0. The highest BCUT2D eigenvalue weighted by atomic mass is 16.5. The van der Waals surface area contributed by atoms with Gasteiger partial charge in [0, 0.05) is 0 Å². The summed E-state index contributed by atoms with van der Waals surface area (Å²) in [6, 6.07) is 8.73. The Balaban J connectivity index is 2.37. The van der Waals surface area contributed by atoms with Crippen molar-refractivity contribution in [1.29, 1.82) is 5.26 Å². The number of aryl methyl sites for hydroxylation is 5. The first kappa shape index (κ1) is 15.1. The molecule has 0 radical (unpaired) electrons. The molecule has 0 heterocycles. The Morgan fingerprint density at radius 2 is 1.38 bits per heavy atom. The molecule has 0 unspecified atom stereocenters. The molecule has 0 aromatic heterocycles. The first-order valence-corrected chi connectivity index (χ1v) is 7.15. The molecule has 2 heteroatoms. The zero-order valence-electron chi connectivity index (χ0n) is 13.4. The first-order chi connectivity index (χ1) is 9.92. The number of hydrogen-bond acceptors (Lipinski definition) is 2. The molecular weight excluding hydrogens is 258 g/mol. The number of ether oxygens (including phenoxy) is 1. The van der Waals surface area contributed by atoms with E-state index in [0.717, 1.165) is 17.5 Å². The van der Waals surface area contributed by atoms with Gasteiger partial charge in [0.2, 0.25) is 0 Å². The number of benzene rings is 2. The van der Waals surface area contributed by atoms with E-state index < -0.39 is 0 Å². The second-order valence-corrected chi connectivity index (χ2v) is 5.79. The van der Waals surface area contributed by atoms with Crippen LogP contribution in [-0.2, 0) is 6.42 Å². The molecule has 0 saturated carbocycles. The van der Waals surface area contributed by atoms with E-state index in [1.807, 2.05) is 13.8 Å². The average Bonchev–Trinajstić information content (AvgIpc) is 2.40. The van der Waals surface area contributed by atoms with Crippen molar-refractivity contribution >= 4 is 0 Å². The van der Waals surface area contributed by atoms with Crippen molar-refractivity contribution in [3.63, 3.8) is 0 Å². The van der Waals surface area contributed by atoms with Crippen molar-refractivity contribution in [3.8, 4) is 12.0 Å². The van der Waals surface area contributed by atoms with E-state index in [0.29, 0.717) is 5.75 Å². The van der Waals surface area contributed by atoms with Crippen LogP contribution in [0.2, 0.25) is 0 Å². The van der Waals surface area contributed by atoms with E-state index in [2.05, 4.69) is 45.0 Å². The Morgan fingerprint density at radius 1 is 0.810 bits per heavy atom. The predicted octanol–water partition coefficient (Wildman–Crippen LogP) is 4.68. The fourth-order valence-corrected chi connectivity index (χ4v) is 2.78. The largest absolute Gasteiger partial charge is 0.387 e. The summed E-state index contributed by atoms with van der Waals surface area (Å²) < 4.78 is 5.04. The molecule has 0 atom stereocenters. The van der Waals surface area contributed by atoms with Gasteiger partial charge in [-0.3, -0.25) is 0 Å². The Labute approximate surface area is 127 Å². The van der Waals surface area contributed by atoms with Crippen molar-refractivity contribution in [2.45, 2.75) is 41.0 Å². The van der Waals surface area contributed by atoms with Gasteiger partial charge in [-0.2, -0.15) is 0 Å². The van der Waals surface area contributed by atoms with Gasteiger partial charge in [-0.05, 0) is 80.0 Å². The van der Waals surface area contributed by atoms with E-state index >= 15 is 0 Å². The molecule has 108 valence electrons.